The zero-order valence-electron chi connectivity index (χ0n) is 11.2. The van der Waals surface area contributed by atoms with E-state index in [9.17, 15) is 14.3 Å². The van der Waals surface area contributed by atoms with E-state index in [-0.39, 0.29) is 24.4 Å². The molecule has 1 aliphatic rings. The lowest BCUT2D eigenvalue weighted by Crippen LogP contribution is -2.50. The van der Waals surface area contributed by atoms with E-state index in [2.05, 4.69) is 0 Å². The molecule has 1 unspecified atom stereocenters. The monoisotopic (exact) mass is 310 g/mol. The average molecular weight is 310 g/mol. The van der Waals surface area contributed by atoms with Crippen molar-refractivity contribution in [2.24, 2.45) is 0 Å². The van der Waals surface area contributed by atoms with Crippen molar-refractivity contribution in [3.8, 4) is 0 Å². The van der Waals surface area contributed by atoms with E-state index in [1.54, 1.807) is 11.0 Å². The Bertz CT molecular complexity index is 688. The minimum Gasteiger partial charge on any atom is -0.397 e. The molecule has 0 aliphatic carbocycles. The van der Waals surface area contributed by atoms with Gasteiger partial charge in [0.2, 0.25) is 0 Å². The third kappa shape index (κ3) is 2.48. The molecule has 1 atom stereocenters. The molecule has 0 radical (unpaired) electrons. The van der Waals surface area contributed by atoms with Gasteiger partial charge in [-0.2, -0.15) is 0 Å². The maximum atomic E-state index is 13.3. The number of ether oxygens (including phenoxy) is 1. The highest BCUT2D eigenvalue weighted by Gasteiger charge is 2.30. The molecule has 3 N–H and O–H groups in total. The number of hydrogen-bond donors (Lipinski definition) is 2. The van der Waals surface area contributed by atoms with E-state index in [1.165, 1.54) is 23.5 Å². The number of halogens is 1. The van der Waals surface area contributed by atoms with Crippen molar-refractivity contribution in [2.75, 3.05) is 32.1 Å². The minimum absolute atomic E-state index is 0.162. The zero-order valence-corrected chi connectivity index (χ0v) is 12.0. The summed E-state index contributed by atoms with van der Waals surface area (Å²) in [5.41, 5.74) is 6.30. The van der Waals surface area contributed by atoms with Gasteiger partial charge in [-0.05, 0) is 18.2 Å². The summed E-state index contributed by atoms with van der Waals surface area (Å²) in [6.07, 6.45) is 0. The molecule has 1 amide bonds. The number of fused-ring (bicyclic) bond motifs is 1. The Labute approximate surface area is 124 Å². The number of nitrogens with zero attached hydrogens (tertiary/aromatic N) is 1. The Balaban J connectivity index is 1.99. The average Bonchev–Trinajstić information content (AvgIpc) is 2.83. The number of carbonyl (C=O) groups is 1. The van der Waals surface area contributed by atoms with Gasteiger partial charge in [0.1, 0.15) is 10.7 Å². The van der Waals surface area contributed by atoms with Crippen molar-refractivity contribution in [1.82, 2.24) is 4.90 Å². The van der Waals surface area contributed by atoms with Gasteiger partial charge < -0.3 is 20.5 Å². The maximum Gasteiger partial charge on any atom is 0.266 e. The summed E-state index contributed by atoms with van der Waals surface area (Å²) in [6, 6.07) is 3.93. The third-order valence-electron chi connectivity index (χ3n) is 3.58. The van der Waals surface area contributed by atoms with Crippen LogP contribution in [0.5, 0.6) is 0 Å². The first-order chi connectivity index (χ1) is 10.1. The van der Waals surface area contributed by atoms with Crippen LogP contribution in [0.3, 0.4) is 0 Å². The summed E-state index contributed by atoms with van der Waals surface area (Å²) in [6.45, 7) is 0.987. The molecule has 0 bridgehead atoms. The maximum absolute atomic E-state index is 13.3. The second kappa shape index (κ2) is 5.59. The minimum atomic E-state index is -0.384. The number of aliphatic hydroxyl groups is 1. The van der Waals surface area contributed by atoms with E-state index in [1.807, 2.05) is 0 Å². The van der Waals surface area contributed by atoms with Crippen molar-refractivity contribution in [2.45, 2.75) is 6.04 Å². The van der Waals surface area contributed by atoms with Crippen LogP contribution in [-0.4, -0.2) is 48.3 Å². The number of nitrogen functional groups attached to an aromatic ring is 1. The summed E-state index contributed by atoms with van der Waals surface area (Å²) < 4.78 is 19.3. The molecular weight excluding hydrogens is 295 g/mol. The van der Waals surface area contributed by atoms with Crippen molar-refractivity contribution >= 4 is 33.0 Å². The van der Waals surface area contributed by atoms with E-state index in [0.717, 1.165) is 4.70 Å². The molecule has 2 aromatic rings. The van der Waals surface area contributed by atoms with E-state index in [4.69, 9.17) is 10.5 Å². The standard InChI is InChI=1S/C14H15FN2O3S/c15-8-1-2-11-10(5-8)12(16)13(21-11)14(19)17-3-4-20-7-9(17)6-18/h1-2,5,9,18H,3-4,6-7,16H2. The molecule has 112 valence electrons. The molecule has 21 heavy (non-hydrogen) atoms. The molecule has 7 heteroatoms. The highest BCUT2D eigenvalue weighted by atomic mass is 32.1. The van der Waals surface area contributed by atoms with Crippen molar-refractivity contribution < 1.29 is 19.0 Å². The van der Waals surface area contributed by atoms with Crippen LogP contribution in [0.4, 0.5) is 10.1 Å². The van der Waals surface area contributed by atoms with E-state index < -0.39 is 0 Å². The molecule has 3 rings (SSSR count). The Morgan fingerprint density at radius 2 is 2.38 bits per heavy atom. The summed E-state index contributed by atoms with van der Waals surface area (Å²) in [5, 5.41) is 9.90. The fourth-order valence-electron chi connectivity index (χ4n) is 2.45. The molecular formula is C14H15FN2O3S. The molecule has 0 spiro atoms. The zero-order chi connectivity index (χ0) is 15.0. The van der Waals surface area contributed by atoms with Crippen LogP contribution in [0.1, 0.15) is 9.67 Å². The summed E-state index contributed by atoms with van der Waals surface area (Å²) in [5.74, 6) is -0.623. The van der Waals surface area contributed by atoms with E-state index >= 15 is 0 Å². The van der Waals surface area contributed by atoms with Gasteiger partial charge in [0.05, 0.1) is 31.5 Å². The van der Waals surface area contributed by atoms with Gasteiger partial charge in [-0.15, -0.1) is 11.3 Å². The molecule has 1 aromatic heterocycles. The second-order valence-corrected chi connectivity index (χ2v) is 5.95. The molecule has 1 saturated heterocycles. The normalized spacial score (nSPS) is 19.1. The SMILES string of the molecule is Nc1c(C(=O)N2CCOCC2CO)sc2ccc(F)cc12. The first-order valence-electron chi connectivity index (χ1n) is 6.59. The predicted octanol–water partition coefficient (Wildman–Crippen LogP) is 1.46. The van der Waals surface area contributed by atoms with Crippen LogP contribution in [-0.2, 0) is 4.74 Å². The topological polar surface area (TPSA) is 75.8 Å². The van der Waals surface area contributed by atoms with Crippen molar-refractivity contribution in [1.29, 1.82) is 0 Å². The molecule has 0 saturated carbocycles. The Kier molecular flexibility index (Phi) is 3.79. The Morgan fingerprint density at radius 3 is 3.14 bits per heavy atom. The largest absolute Gasteiger partial charge is 0.397 e. The van der Waals surface area contributed by atoms with Gasteiger partial charge in [0, 0.05) is 16.6 Å². The van der Waals surface area contributed by atoms with Crippen molar-refractivity contribution in [3.63, 3.8) is 0 Å². The predicted molar refractivity (Wildman–Crippen MR) is 78.9 cm³/mol. The number of nitrogens with two attached hydrogens (primary N) is 1. The number of rotatable bonds is 2. The summed E-state index contributed by atoms with van der Waals surface area (Å²) >= 11 is 1.24. The van der Waals surface area contributed by atoms with Crippen molar-refractivity contribution in [3.05, 3.63) is 28.9 Å². The van der Waals surface area contributed by atoms with Gasteiger partial charge in [-0.3, -0.25) is 4.79 Å². The molecule has 1 aromatic carbocycles. The summed E-state index contributed by atoms with van der Waals surface area (Å²) in [4.78, 5) is 14.6. The lowest BCUT2D eigenvalue weighted by atomic mass is 10.2. The van der Waals surface area contributed by atoms with Gasteiger partial charge >= 0.3 is 0 Å². The van der Waals surface area contributed by atoms with Gasteiger partial charge in [0.15, 0.2) is 0 Å². The Morgan fingerprint density at radius 1 is 1.57 bits per heavy atom. The van der Waals surface area contributed by atoms with Gasteiger partial charge in [-0.25, -0.2) is 4.39 Å². The molecule has 5 nitrogen and oxygen atoms in total. The van der Waals surface area contributed by atoms with E-state index in [0.29, 0.717) is 35.7 Å². The fourth-order valence-corrected chi connectivity index (χ4v) is 3.51. The number of carbonyl (C=O) groups excluding carboxylic acids is 1. The smallest absolute Gasteiger partial charge is 0.266 e. The quantitative estimate of drug-likeness (QED) is 0.880. The number of hydrogen-bond acceptors (Lipinski definition) is 5. The first-order valence-corrected chi connectivity index (χ1v) is 7.40. The highest BCUT2D eigenvalue weighted by Crippen LogP contribution is 2.35. The first kappa shape index (κ1) is 14.2. The van der Waals surface area contributed by atoms with Crippen LogP contribution in [0.15, 0.2) is 18.2 Å². The number of thiophene rings is 1. The molecule has 1 fully saturated rings. The fraction of sp³-hybridized carbons (Fsp3) is 0.357. The van der Waals surface area contributed by atoms with Crippen LogP contribution in [0, 0.1) is 5.82 Å². The van der Waals surface area contributed by atoms with Crippen LogP contribution in [0.2, 0.25) is 0 Å². The van der Waals surface area contributed by atoms with Gasteiger partial charge in [-0.1, -0.05) is 0 Å². The number of benzene rings is 1. The summed E-state index contributed by atoms with van der Waals surface area (Å²) in [7, 11) is 0. The highest BCUT2D eigenvalue weighted by molar-refractivity contribution is 7.21. The molecule has 2 heterocycles. The molecule has 1 aliphatic heterocycles. The lowest BCUT2D eigenvalue weighted by molar-refractivity contribution is -0.0181. The van der Waals surface area contributed by atoms with Gasteiger partial charge in [0.25, 0.3) is 5.91 Å². The Hall–Kier alpha value is -1.70. The van der Waals surface area contributed by atoms with Crippen LogP contribution >= 0.6 is 11.3 Å². The second-order valence-electron chi connectivity index (χ2n) is 4.90. The number of anilines is 1. The van der Waals surface area contributed by atoms with Crippen LogP contribution < -0.4 is 5.73 Å². The lowest BCUT2D eigenvalue weighted by Gasteiger charge is -2.34. The number of morpholine rings is 1. The third-order valence-corrected chi connectivity index (χ3v) is 4.76. The van der Waals surface area contributed by atoms with Crippen LogP contribution in [0.25, 0.3) is 10.1 Å². The number of amides is 1. The number of aliphatic hydroxyl groups excluding tert-OH is 1.